The zero-order valence-corrected chi connectivity index (χ0v) is 6.66. The van der Waals surface area contributed by atoms with Crippen LogP contribution in [0.1, 0.15) is 0 Å². The molecule has 2 aromatic rings. The van der Waals surface area contributed by atoms with E-state index in [0.717, 1.165) is 0 Å². The molecule has 5 nitrogen and oxygen atoms in total. The Kier molecular flexibility index (Phi) is 1.84. The van der Waals surface area contributed by atoms with Crippen LogP contribution in [0, 0.1) is 0 Å². The molecule has 2 aromatic heterocycles. The molecule has 0 N–H and O–H groups in total. The van der Waals surface area contributed by atoms with Crippen LogP contribution in [0.15, 0.2) is 41.8 Å². The molecule has 0 aromatic carbocycles. The zero-order chi connectivity index (χ0) is 9.10. The van der Waals surface area contributed by atoms with E-state index >= 15 is 0 Å². The van der Waals surface area contributed by atoms with Crippen LogP contribution in [0.3, 0.4) is 0 Å². The van der Waals surface area contributed by atoms with Gasteiger partial charge in [-0.3, -0.25) is 9.36 Å². The first-order valence-electron chi connectivity index (χ1n) is 3.68. The van der Waals surface area contributed by atoms with Gasteiger partial charge in [-0.2, -0.15) is 0 Å². The van der Waals surface area contributed by atoms with E-state index in [1.807, 2.05) is 0 Å². The van der Waals surface area contributed by atoms with Gasteiger partial charge in [0, 0.05) is 12.3 Å². The van der Waals surface area contributed by atoms with Crippen LogP contribution < -0.4 is 5.56 Å². The standard InChI is InChI=1S/C8H6N4O/c13-7-3-1-2-4-12(7)8-10-5-9-6-11-8/h1-6H. The van der Waals surface area contributed by atoms with Crippen LogP contribution in [0.5, 0.6) is 0 Å². The highest BCUT2D eigenvalue weighted by Gasteiger charge is 1.98. The third-order valence-corrected chi connectivity index (χ3v) is 1.52. The predicted molar refractivity (Wildman–Crippen MR) is 45.4 cm³/mol. The molecule has 0 unspecified atom stereocenters. The Morgan fingerprint density at radius 2 is 1.92 bits per heavy atom. The lowest BCUT2D eigenvalue weighted by Gasteiger charge is -1.99. The van der Waals surface area contributed by atoms with Gasteiger partial charge in [0.25, 0.3) is 5.56 Å². The summed E-state index contributed by atoms with van der Waals surface area (Å²) in [5.74, 6) is 0.334. The summed E-state index contributed by atoms with van der Waals surface area (Å²) < 4.78 is 1.35. The number of hydrogen-bond donors (Lipinski definition) is 0. The van der Waals surface area contributed by atoms with Crippen LogP contribution >= 0.6 is 0 Å². The van der Waals surface area contributed by atoms with Crippen molar-refractivity contribution >= 4 is 0 Å². The van der Waals surface area contributed by atoms with Crippen LogP contribution in [0.2, 0.25) is 0 Å². The summed E-state index contributed by atoms with van der Waals surface area (Å²) in [6.07, 6.45) is 4.31. The van der Waals surface area contributed by atoms with E-state index in [2.05, 4.69) is 15.0 Å². The van der Waals surface area contributed by atoms with Crippen molar-refractivity contribution in [1.82, 2.24) is 19.5 Å². The summed E-state index contributed by atoms with van der Waals surface area (Å²) in [6.45, 7) is 0. The molecule has 0 bridgehead atoms. The fraction of sp³-hybridized carbons (Fsp3) is 0. The minimum atomic E-state index is -0.159. The van der Waals surface area contributed by atoms with Crippen molar-refractivity contribution in [3.8, 4) is 5.95 Å². The maximum Gasteiger partial charge on any atom is 0.257 e. The number of aromatic nitrogens is 4. The van der Waals surface area contributed by atoms with Crippen molar-refractivity contribution < 1.29 is 0 Å². The number of pyridine rings is 1. The van der Waals surface area contributed by atoms with Gasteiger partial charge in [0.2, 0.25) is 5.95 Å². The number of nitrogens with zero attached hydrogens (tertiary/aromatic N) is 4. The average Bonchev–Trinajstić information content (AvgIpc) is 2.20. The molecule has 0 radical (unpaired) electrons. The van der Waals surface area contributed by atoms with E-state index in [0.29, 0.717) is 5.95 Å². The Bertz CT molecular complexity index is 451. The Balaban J connectivity index is 2.60. The summed E-state index contributed by atoms with van der Waals surface area (Å²) in [4.78, 5) is 22.6. The van der Waals surface area contributed by atoms with Crippen LogP contribution in [-0.4, -0.2) is 19.5 Å². The van der Waals surface area contributed by atoms with Crippen molar-refractivity contribution in [2.45, 2.75) is 0 Å². The van der Waals surface area contributed by atoms with Crippen molar-refractivity contribution in [2.75, 3.05) is 0 Å². The molecule has 13 heavy (non-hydrogen) atoms. The van der Waals surface area contributed by atoms with E-state index in [4.69, 9.17) is 0 Å². The first kappa shape index (κ1) is 7.60. The average molecular weight is 174 g/mol. The molecular formula is C8H6N4O. The van der Waals surface area contributed by atoms with Crippen molar-refractivity contribution in [3.63, 3.8) is 0 Å². The van der Waals surface area contributed by atoms with Crippen LogP contribution in [0.4, 0.5) is 0 Å². The maximum absolute atomic E-state index is 11.3. The molecule has 2 heterocycles. The molecule has 0 aliphatic rings. The van der Waals surface area contributed by atoms with Gasteiger partial charge in [-0.25, -0.2) is 15.0 Å². The van der Waals surface area contributed by atoms with Gasteiger partial charge in [0.15, 0.2) is 0 Å². The smallest absolute Gasteiger partial charge is 0.257 e. The topological polar surface area (TPSA) is 60.7 Å². The maximum atomic E-state index is 11.3. The molecule has 0 saturated heterocycles. The second-order valence-corrected chi connectivity index (χ2v) is 2.35. The monoisotopic (exact) mass is 174 g/mol. The molecule has 0 spiro atoms. The van der Waals surface area contributed by atoms with E-state index in [-0.39, 0.29) is 5.56 Å². The second-order valence-electron chi connectivity index (χ2n) is 2.35. The van der Waals surface area contributed by atoms with Gasteiger partial charge in [-0.15, -0.1) is 0 Å². The lowest BCUT2D eigenvalue weighted by Crippen LogP contribution is -2.17. The lowest BCUT2D eigenvalue weighted by atomic mass is 10.5. The van der Waals surface area contributed by atoms with Gasteiger partial charge in [-0.05, 0) is 6.07 Å². The van der Waals surface area contributed by atoms with Crippen LogP contribution in [-0.2, 0) is 0 Å². The highest BCUT2D eigenvalue weighted by Crippen LogP contribution is 1.91. The van der Waals surface area contributed by atoms with Gasteiger partial charge < -0.3 is 0 Å². The Hall–Kier alpha value is -2.04. The summed E-state index contributed by atoms with van der Waals surface area (Å²) >= 11 is 0. The number of rotatable bonds is 1. The fourth-order valence-corrected chi connectivity index (χ4v) is 0.950. The molecule has 0 aliphatic heterocycles. The Morgan fingerprint density at radius 3 is 2.62 bits per heavy atom. The van der Waals surface area contributed by atoms with Gasteiger partial charge >= 0.3 is 0 Å². The minimum Gasteiger partial charge on any atom is -0.269 e. The van der Waals surface area contributed by atoms with Crippen LogP contribution in [0.25, 0.3) is 5.95 Å². The third-order valence-electron chi connectivity index (χ3n) is 1.52. The van der Waals surface area contributed by atoms with Gasteiger partial charge in [0.05, 0.1) is 0 Å². The van der Waals surface area contributed by atoms with E-state index < -0.39 is 0 Å². The predicted octanol–water partition coefficient (Wildman–Crippen LogP) is 0.0225. The molecule has 5 heteroatoms. The molecule has 0 saturated carbocycles. The molecule has 64 valence electrons. The lowest BCUT2D eigenvalue weighted by molar-refractivity contribution is 0.862. The molecule has 0 aliphatic carbocycles. The largest absolute Gasteiger partial charge is 0.269 e. The van der Waals surface area contributed by atoms with Crippen molar-refractivity contribution in [3.05, 3.63) is 47.4 Å². The summed E-state index contributed by atoms with van der Waals surface area (Å²) in [5.41, 5.74) is -0.159. The van der Waals surface area contributed by atoms with Gasteiger partial charge in [-0.1, -0.05) is 6.07 Å². The summed E-state index contributed by atoms with van der Waals surface area (Å²) in [7, 11) is 0. The summed E-state index contributed by atoms with van der Waals surface area (Å²) in [5, 5.41) is 0. The zero-order valence-electron chi connectivity index (χ0n) is 6.66. The van der Waals surface area contributed by atoms with Gasteiger partial charge in [0.1, 0.15) is 12.7 Å². The third kappa shape index (κ3) is 1.44. The quantitative estimate of drug-likeness (QED) is 0.611. The Morgan fingerprint density at radius 1 is 1.15 bits per heavy atom. The number of hydrogen-bond acceptors (Lipinski definition) is 4. The Labute approximate surface area is 73.7 Å². The van der Waals surface area contributed by atoms with Crippen molar-refractivity contribution in [2.24, 2.45) is 0 Å². The molecule has 0 fully saturated rings. The minimum absolute atomic E-state index is 0.159. The SMILES string of the molecule is O=c1ccccn1-c1ncncn1. The molecule has 0 amide bonds. The summed E-state index contributed by atoms with van der Waals surface area (Å²) in [6, 6.07) is 4.86. The van der Waals surface area contributed by atoms with E-state index in [1.165, 1.54) is 23.3 Å². The first-order valence-corrected chi connectivity index (χ1v) is 3.68. The van der Waals surface area contributed by atoms with Crippen molar-refractivity contribution in [1.29, 1.82) is 0 Å². The van der Waals surface area contributed by atoms with E-state index in [1.54, 1.807) is 18.3 Å². The molecule has 2 rings (SSSR count). The molecular weight excluding hydrogens is 168 g/mol. The normalized spacial score (nSPS) is 9.85. The molecule has 0 atom stereocenters. The fourth-order valence-electron chi connectivity index (χ4n) is 0.950. The highest BCUT2D eigenvalue weighted by atomic mass is 16.1. The highest BCUT2D eigenvalue weighted by molar-refractivity contribution is 5.10. The first-order chi connectivity index (χ1) is 6.38. The second kappa shape index (κ2) is 3.14. The van der Waals surface area contributed by atoms with E-state index in [9.17, 15) is 4.79 Å².